The van der Waals surface area contributed by atoms with Gasteiger partial charge in [-0.1, -0.05) is 18.2 Å². The van der Waals surface area contributed by atoms with Crippen molar-refractivity contribution in [3.8, 4) is 5.75 Å². The molecule has 0 bridgehead atoms. The number of phosphoric ester groups is 1. The molecule has 7 heteroatoms. The van der Waals surface area contributed by atoms with Crippen LogP contribution < -0.4 is 4.52 Å². The van der Waals surface area contributed by atoms with Gasteiger partial charge in [-0.3, -0.25) is 9.79 Å². The molecule has 0 amide bonds. The maximum atomic E-state index is 10.3. The molecule has 0 saturated heterocycles. The zero-order valence-corrected chi connectivity index (χ0v) is 6.94. The number of benzene rings is 1. The summed E-state index contributed by atoms with van der Waals surface area (Å²) in [6.07, 6.45) is 0. The van der Waals surface area contributed by atoms with Gasteiger partial charge in [0.05, 0.1) is 0 Å². The summed E-state index contributed by atoms with van der Waals surface area (Å²) >= 11 is 0. The molecule has 0 spiro atoms. The molecule has 0 heterocycles. The minimum atomic E-state index is -4.39. The van der Waals surface area contributed by atoms with Crippen molar-refractivity contribution >= 4 is 37.4 Å². The van der Waals surface area contributed by atoms with Crippen LogP contribution >= 0.6 is 7.82 Å². The van der Waals surface area contributed by atoms with Crippen LogP contribution in [0.25, 0.3) is 0 Å². The van der Waals surface area contributed by atoms with Gasteiger partial charge in [0, 0.05) is 0 Å². The number of hydrogen-bond acceptors (Lipinski definition) is 2. The Labute approximate surface area is 97.6 Å². The summed E-state index contributed by atoms with van der Waals surface area (Å²) in [5.41, 5.74) is 0. The molecular formula is C6H10NaO5P. The molecule has 5 nitrogen and oxygen atoms in total. The van der Waals surface area contributed by atoms with Gasteiger partial charge in [0.15, 0.2) is 0 Å². The van der Waals surface area contributed by atoms with Crippen molar-refractivity contribution in [1.29, 1.82) is 0 Å². The fourth-order valence-corrected chi connectivity index (χ4v) is 1.02. The van der Waals surface area contributed by atoms with Gasteiger partial charge in [-0.05, 0) is 12.1 Å². The van der Waals surface area contributed by atoms with Gasteiger partial charge < -0.3 is 10.00 Å². The zero-order valence-electron chi connectivity index (χ0n) is 6.04. The number of phosphoric acid groups is 1. The first-order valence-electron chi connectivity index (χ1n) is 2.88. The molecule has 4 N–H and O–H groups in total. The molecule has 0 saturated carbocycles. The zero-order chi connectivity index (χ0) is 8.32. The number of para-hydroxylation sites is 1. The Balaban J connectivity index is 0. The van der Waals surface area contributed by atoms with Crippen molar-refractivity contribution in [2.75, 3.05) is 0 Å². The summed E-state index contributed by atoms with van der Waals surface area (Å²) in [5, 5.41) is 0. The fourth-order valence-electron chi connectivity index (χ4n) is 0.619. The average Bonchev–Trinajstić information content (AvgIpc) is 1.85. The van der Waals surface area contributed by atoms with E-state index in [0.29, 0.717) is 0 Å². The van der Waals surface area contributed by atoms with E-state index >= 15 is 0 Å². The van der Waals surface area contributed by atoms with Crippen LogP contribution in [0.5, 0.6) is 5.75 Å². The second-order valence-electron chi connectivity index (χ2n) is 1.89. The third kappa shape index (κ3) is 7.22. The Morgan fingerprint density at radius 2 is 1.62 bits per heavy atom. The maximum absolute atomic E-state index is 10.3. The second kappa shape index (κ2) is 6.56. The standard InChI is InChI=1S/C6H7O4P.Na.H2O.H/c7-11(8,9)10-6-4-2-1-3-5-6;;;/h1-5H,(H2,7,8,9);;1H2;. The molecule has 1 rings (SSSR count). The molecule has 0 aliphatic heterocycles. The Morgan fingerprint density at radius 3 is 2.00 bits per heavy atom. The SMILES string of the molecule is O.O=P(O)(O)Oc1ccccc1.[NaH]. The summed E-state index contributed by atoms with van der Waals surface area (Å²) in [6, 6.07) is 7.93. The Morgan fingerprint density at radius 1 is 1.15 bits per heavy atom. The van der Waals surface area contributed by atoms with Crippen molar-refractivity contribution < 1.29 is 24.4 Å². The summed E-state index contributed by atoms with van der Waals surface area (Å²) in [6.45, 7) is 0. The molecule has 0 atom stereocenters. The first kappa shape index (κ1) is 15.6. The summed E-state index contributed by atoms with van der Waals surface area (Å²) in [5.74, 6) is 0.167. The van der Waals surface area contributed by atoms with Gasteiger partial charge in [-0.15, -0.1) is 0 Å². The molecule has 0 aromatic heterocycles. The molecule has 70 valence electrons. The minimum absolute atomic E-state index is 0. The summed E-state index contributed by atoms with van der Waals surface area (Å²) in [4.78, 5) is 16.7. The molecule has 1 aromatic carbocycles. The van der Waals surface area contributed by atoms with Crippen molar-refractivity contribution in [1.82, 2.24) is 0 Å². The predicted molar refractivity (Wildman–Crippen MR) is 49.9 cm³/mol. The van der Waals surface area contributed by atoms with Crippen LogP contribution in [0.4, 0.5) is 0 Å². The van der Waals surface area contributed by atoms with Crippen LogP contribution in [0.15, 0.2) is 30.3 Å². The third-order valence-corrected chi connectivity index (χ3v) is 1.42. The quantitative estimate of drug-likeness (QED) is 0.523. The van der Waals surface area contributed by atoms with E-state index in [0.717, 1.165) is 0 Å². The van der Waals surface area contributed by atoms with E-state index in [4.69, 9.17) is 9.79 Å². The first-order chi connectivity index (χ1) is 5.08. The Bertz CT molecular complexity index is 272. The van der Waals surface area contributed by atoms with E-state index in [1.165, 1.54) is 12.1 Å². The normalized spacial score (nSPS) is 9.38. The van der Waals surface area contributed by atoms with Gasteiger partial charge in [-0.2, -0.15) is 0 Å². The van der Waals surface area contributed by atoms with E-state index in [1.807, 2.05) is 0 Å². The van der Waals surface area contributed by atoms with E-state index in [2.05, 4.69) is 4.52 Å². The molecule has 0 aliphatic rings. The van der Waals surface area contributed by atoms with Gasteiger partial charge >= 0.3 is 37.4 Å². The molecule has 0 aliphatic carbocycles. The Kier molecular flexibility index (Phi) is 7.87. The number of hydrogen-bond donors (Lipinski definition) is 2. The second-order valence-corrected chi connectivity index (χ2v) is 3.06. The van der Waals surface area contributed by atoms with E-state index in [-0.39, 0.29) is 40.8 Å². The molecule has 0 unspecified atom stereocenters. The topological polar surface area (TPSA) is 98.3 Å². The molecular weight excluding hydrogens is 206 g/mol. The van der Waals surface area contributed by atoms with Crippen LogP contribution in [-0.2, 0) is 4.57 Å². The third-order valence-electron chi connectivity index (χ3n) is 0.968. The Hall–Kier alpha value is 0.130. The number of rotatable bonds is 2. The first-order valence-corrected chi connectivity index (χ1v) is 4.41. The molecule has 0 fully saturated rings. The molecule has 0 radical (unpaired) electrons. The summed E-state index contributed by atoms with van der Waals surface area (Å²) in [7, 11) is -4.39. The van der Waals surface area contributed by atoms with Crippen LogP contribution in [0.1, 0.15) is 0 Å². The van der Waals surface area contributed by atoms with Crippen molar-refractivity contribution in [3.63, 3.8) is 0 Å². The van der Waals surface area contributed by atoms with Gasteiger partial charge in [0.2, 0.25) is 0 Å². The van der Waals surface area contributed by atoms with Gasteiger partial charge in [-0.25, -0.2) is 4.57 Å². The van der Waals surface area contributed by atoms with Gasteiger partial charge in [0.1, 0.15) is 5.75 Å². The van der Waals surface area contributed by atoms with Crippen LogP contribution in [0, 0.1) is 0 Å². The average molecular weight is 216 g/mol. The van der Waals surface area contributed by atoms with E-state index in [1.54, 1.807) is 18.2 Å². The van der Waals surface area contributed by atoms with Crippen molar-refractivity contribution in [3.05, 3.63) is 30.3 Å². The molecule has 1 aromatic rings. The van der Waals surface area contributed by atoms with Crippen molar-refractivity contribution in [2.24, 2.45) is 0 Å². The van der Waals surface area contributed by atoms with Gasteiger partial charge in [0.25, 0.3) is 0 Å². The monoisotopic (exact) mass is 216 g/mol. The fraction of sp³-hybridized carbons (Fsp3) is 0. The predicted octanol–water partition coefficient (Wildman–Crippen LogP) is -0.315. The van der Waals surface area contributed by atoms with Crippen LogP contribution in [0.3, 0.4) is 0 Å². The van der Waals surface area contributed by atoms with Crippen molar-refractivity contribution in [2.45, 2.75) is 0 Å². The molecule has 13 heavy (non-hydrogen) atoms. The van der Waals surface area contributed by atoms with E-state index < -0.39 is 7.82 Å². The summed E-state index contributed by atoms with van der Waals surface area (Å²) < 4.78 is 14.5. The van der Waals surface area contributed by atoms with Crippen LogP contribution in [-0.4, -0.2) is 44.8 Å². The van der Waals surface area contributed by atoms with E-state index in [9.17, 15) is 4.57 Å². The van der Waals surface area contributed by atoms with Crippen LogP contribution in [0.2, 0.25) is 0 Å².